The van der Waals surface area contributed by atoms with Crippen molar-refractivity contribution in [1.82, 2.24) is 4.90 Å². The molecule has 2 nitrogen and oxygen atoms in total. The van der Waals surface area contributed by atoms with Gasteiger partial charge in [-0.1, -0.05) is 13.3 Å². The number of aliphatic imine (C=N–C) groups is 1. The molecule has 0 N–H and O–H groups in total. The molecule has 0 saturated carbocycles. The SMILES string of the molecule is C#CC.CCCCN(C)C=NC. The highest BCUT2D eigenvalue weighted by molar-refractivity contribution is 5.53. The van der Waals surface area contributed by atoms with Crippen LogP contribution in [0.15, 0.2) is 4.99 Å². The van der Waals surface area contributed by atoms with E-state index in [0.717, 1.165) is 6.54 Å². The van der Waals surface area contributed by atoms with E-state index in [1.807, 2.05) is 13.4 Å². The normalized spacial score (nSPS) is 8.58. The molecule has 2 heteroatoms. The number of nitrogens with zero attached hydrogens (tertiary/aromatic N) is 2. The van der Waals surface area contributed by atoms with E-state index in [1.54, 1.807) is 14.0 Å². The van der Waals surface area contributed by atoms with Crippen molar-refractivity contribution in [2.75, 3.05) is 20.6 Å². The first-order valence-electron chi connectivity index (χ1n) is 4.22. The van der Waals surface area contributed by atoms with Gasteiger partial charge in [0.15, 0.2) is 0 Å². The van der Waals surface area contributed by atoms with Gasteiger partial charge in [-0.15, -0.1) is 12.3 Å². The predicted molar refractivity (Wildman–Crippen MR) is 56.5 cm³/mol. The second kappa shape index (κ2) is 12.7. The fourth-order valence-electron chi connectivity index (χ4n) is 0.662. The Morgan fingerprint density at radius 3 is 2.42 bits per heavy atom. The van der Waals surface area contributed by atoms with Crippen LogP contribution >= 0.6 is 0 Å². The molecule has 0 aliphatic heterocycles. The Morgan fingerprint density at radius 1 is 1.58 bits per heavy atom. The molecule has 0 unspecified atom stereocenters. The molecule has 0 amide bonds. The smallest absolute Gasteiger partial charge is 0.0843 e. The van der Waals surface area contributed by atoms with Crippen LogP contribution in [0.25, 0.3) is 0 Å². The van der Waals surface area contributed by atoms with Crippen molar-refractivity contribution in [3.63, 3.8) is 0 Å². The fourth-order valence-corrected chi connectivity index (χ4v) is 0.662. The Kier molecular flexibility index (Phi) is 14.4. The van der Waals surface area contributed by atoms with Gasteiger partial charge in [0.25, 0.3) is 0 Å². The average molecular weight is 168 g/mol. The lowest BCUT2D eigenvalue weighted by Crippen LogP contribution is -2.16. The van der Waals surface area contributed by atoms with Gasteiger partial charge >= 0.3 is 0 Å². The monoisotopic (exact) mass is 168 g/mol. The van der Waals surface area contributed by atoms with Gasteiger partial charge in [-0.2, -0.15) is 0 Å². The summed E-state index contributed by atoms with van der Waals surface area (Å²) in [6.45, 7) is 4.96. The standard InChI is InChI=1S/C7H16N2.C3H4/c1-4-5-6-9(3)7-8-2;1-3-2/h7H,4-6H2,1-3H3;1H,2H3. The van der Waals surface area contributed by atoms with Gasteiger partial charge in [0.05, 0.1) is 6.34 Å². The van der Waals surface area contributed by atoms with E-state index >= 15 is 0 Å². The summed E-state index contributed by atoms with van der Waals surface area (Å²) in [5, 5.41) is 0. The van der Waals surface area contributed by atoms with Crippen molar-refractivity contribution in [1.29, 1.82) is 0 Å². The molecule has 0 radical (unpaired) electrons. The Balaban J connectivity index is 0. The van der Waals surface area contributed by atoms with Gasteiger partial charge < -0.3 is 4.90 Å². The maximum atomic E-state index is 4.60. The van der Waals surface area contributed by atoms with E-state index in [-0.39, 0.29) is 0 Å². The van der Waals surface area contributed by atoms with Gasteiger partial charge in [0, 0.05) is 20.6 Å². The van der Waals surface area contributed by atoms with Gasteiger partial charge in [-0.25, -0.2) is 0 Å². The Bertz CT molecular complexity index is 133. The lowest BCUT2D eigenvalue weighted by molar-refractivity contribution is 0.497. The highest BCUT2D eigenvalue weighted by Crippen LogP contribution is 1.87. The predicted octanol–water partition coefficient (Wildman–Crippen LogP) is 2.02. The van der Waals surface area contributed by atoms with Crippen molar-refractivity contribution in [2.45, 2.75) is 26.7 Å². The summed E-state index contributed by atoms with van der Waals surface area (Å²) in [7, 11) is 3.84. The lowest BCUT2D eigenvalue weighted by atomic mass is 10.3. The molecule has 0 spiro atoms. The summed E-state index contributed by atoms with van der Waals surface area (Å²) >= 11 is 0. The summed E-state index contributed by atoms with van der Waals surface area (Å²) in [5.74, 6) is 2.25. The van der Waals surface area contributed by atoms with Gasteiger partial charge in [0.1, 0.15) is 0 Å². The largest absolute Gasteiger partial charge is 0.366 e. The van der Waals surface area contributed by atoms with E-state index in [2.05, 4.69) is 29.2 Å². The van der Waals surface area contributed by atoms with Gasteiger partial charge in [-0.3, -0.25) is 4.99 Å². The molecule has 0 aromatic heterocycles. The van der Waals surface area contributed by atoms with Crippen LogP contribution in [-0.4, -0.2) is 31.9 Å². The molecule has 0 atom stereocenters. The average Bonchev–Trinajstić information content (AvgIpc) is 2.03. The Labute approximate surface area is 76.7 Å². The molecule has 70 valence electrons. The fraction of sp³-hybridized carbons (Fsp3) is 0.700. The number of unbranched alkanes of at least 4 members (excludes halogenated alkanes) is 1. The second-order valence-corrected chi connectivity index (χ2v) is 2.50. The summed E-state index contributed by atoms with van der Waals surface area (Å²) in [6, 6.07) is 0. The lowest BCUT2D eigenvalue weighted by Gasteiger charge is -2.10. The molecule has 12 heavy (non-hydrogen) atoms. The van der Waals surface area contributed by atoms with E-state index in [1.165, 1.54) is 12.8 Å². The zero-order chi connectivity index (χ0) is 9.82. The maximum Gasteiger partial charge on any atom is 0.0843 e. The van der Waals surface area contributed by atoms with Crippen LogP contribution in [0.3, 0.4) is 0 Å². The van der Waals surface area contributed by atoms with E-state index < -0.39 is 0 Å². The third kappa shape index (κ3) is 16.0. The third-order valence-corrected chi connectivity index (χ3v) is 1.18. The Hall–Kier alpha value is -0.970. The first kappa shape index (κ1) is 13.6. The number of hydrogen-bond donors (Lipinski definition) is 0. The molecular formula is C10H20N2. The zero-order valence-corrected chi connectivity index (χ0v) is 8.67. The first-order chi connectivity index (χ1) is 5.72. The number of hydrogen-bond acceptors (Lipinski definition) is 1. The summed E-state index contributed by atoms with van der Waals surface area (Å²) in [6.07, 6.45) is 8.96. The maximum absolute atomic E-state index is 4.60. The minimum Gasteiger partial charge on any atom is -0.366 e. The zero-order valence-electron chi connectivity index (χ0n) is 8.67. The van der Waals surface area contributed by atoms with Crippen molar-refractivity contribution in [3.8, 4) is 12.3 Å². The van der Waals surface area contributed by atoms with Crippen molar-refractivity contribution >= 4 is 6.34 Å². The quantitative estimate of drug-likeness (QED) is 0.356. The van der Waals surface area contributed by atoms with Gasteiger partial charge in [-0.05, 0) is 13.3 Å². The van der Waals surface area contributed by atoms with Crippen LogP contribution in [0.4, 0.5) is 0 Å². The first-order valence-corrected chi connectivity index (χ1v) is 4.22. The topological polar surface area (TPSA) is 15.6 Å². The molecule has 0 aliphatic carbocycles. The minimum absolute atomic E-state index is 1.12. The minimum atomic E-state index is 1.12. The van der Waals surface area contributed by atoms with Crippen molar-refractivity contribution < 1.29 is 0 Å². The molecule has 0 saturated heterocycles. The van der Waals surface area contributed by atoms with E-state index in [4.69, 9.17) is 0 Å². The number of terminal acetylenes is 1. The summed E-state index contributed by atoms with van der Waals surface area (Å²) < 4.78 is 0. The van der Waals surface area contributed by atoms with Crippen molar-refractivity contribution in [3.05, 3.63) is 0 Å². The highest BCUT2D eigenvalue weighted by atomic mass is 15.1. The van der Waals surface area contributed by atoms with Gasteiger partial charge in [0.2, 0.25) is 0 Å². The van der Waals surface area contributed by atoms with Crippen LogP contribution in [0.5, 0.6) is 0 Å². The Morgan fingerprint density at radius 2 is 2.08 bits per heavy atom. The second-order valence-electron chi connectivity index (χ2n) is 2.50. The summed E-state index contributed by atoms with van der Waals surface area (Å²) in [4.78, 5) is 5.99. The van der Waals surface area contributed by atoms with Crippen LogP contribution in [0, 0.1) is 12.3 Å². The van der Waals surface area contributed by atoms with E-state index in [9.17, 15) is 0 Å². The molecular weight excluding hydrogens is 148 g/mol. The van der Waals surface area contributed by atoms with Crippen LogP contribution in [0.2, 0.25) is 0 Å². The van der Waals surface area contributed by atoms with Crippen LogP contribution in [0.1, 0.15) is 26.7 Å². The summed E-state index contributed by atoms with van der Waals surface area (Å²) in [5.41, 5.74) is 0. The molecule has 0 aromatic carbocycles. The van der Waals surface area contributed by atoms with Crippen LogP contribution < -0.4 is 0 Å². The number of rotatable bonds is 4. The van der Waals surface area contributed by atoms with Crippen LogP contribution in [-0.2, 0) is 0 Å². The van der Waals surface area contributed by atoms with Crippen molar-refractivity contribution in [2.24, 2.45) is 4.99 Å². The third-order valence-electron chi connectivity index (χ3n) is 1.18. The molecule has 0 heterocycles. The molecule has 0 rings (SSSR count). The molecule has 0 fully saturated rings. The van der Waals surface area contributed by atoms with E-state index in [0.29, 0.717) is 0 Å². The molecule has 0 aliphatic rings. The molecule has 0 aromatic rings. The molecule has 0 bridgehead atoms. The highest BCUT2D eigenvalue weighted by Gasteiger charge is 1.87.